The molecule has 2 N–H and O–H groups in total. The molecule has 1 aliphatic rings. The predicted octanol–water partition coefficient (Wildman–Crippen LogP) is 3.46. The van der Waals surface area contributed by atoms with E-state index in [0.29, 0.717) is 5.69 Å². The van der Waals surface area contributed by atoms with Crippen molar-refractivity contribution in [2.75, 3.05) is 11.4 Å². The fourth-order valence-corrected chi connectivity index (χ4v) is 3.63. The molecule has 150 valence electrons. The number of anilines is 1. The standard InChI is InChI=1S/C19H14F3N3O4/c20-12-4-10(3-11(5-12)17(26)27)16-7-19(21,22)9-24(16)13-1-2-25-15(6-13)14(8-23-25)18(28)29/h1-6,8,16H,7,9H2,(H,26,27)(H,28,29). The number of carboxylic acids is 2. The van der Waals surface area contributed by atoms with Gasteiger partial charge in [0.05, 0.1) is 29.9 Å². The largest absolute Gasteiger partial charge is 0.478 e. The molecule has 1 unspecified atom stereocenters. The van der Waals surface area contributed by atoms with E-state index in [1.165, 1.54) is 33.8 Å². The third kappa shape index (κ3) is 3.37. The minimum atomic E-state index is -3.09. The molecule has 0 bridgehead atoms. The number of benzene rings is 1. The fraction of sp³-hybridized carbons (Fsp3) is 0.211. The smallest absolute Gasteiger partial charge is 0.339 e. The Kier molecular flexibility index (Phi) is 4.21. The molecule has 0 amide bonds. The Balaban J connectivity index is 1.81. The van der Waals surface area contributed by atoms with Crippen molar-refractivity contribution in [2.45, 2.75) is 18.4 Å². The summed E-state index contributed by atoms with van der Waals surface area (Å²) in [6.07, 6.45) is 1.97. The fourth-order valence-electron chi connectivity index (χ4n) is 3.63. The van der Waals surface area contributed by atoms with Gasteiger partial charge in [-0.2, -0.15) is 5.10 Å². The summed E-state index contributed by atoms with van der Waals surface area (Å²) in [5.41, 5.74) is 0.188. The van der Waals surface area contributed by atoms with Crippen LogP contribution in [0.15, 0.2) is 42.7 Å². The molecule has 0 radical (unpaired) electrons. The van der Waals surface area contributed by atoms with Crippen molar-refractivity contribution >= 4 is 23.1 Å². The van der Waals surface area contributed by atoms with Crippen molar-refractivity contribution in [3.63, 3.8) is 0 Å². The molecule has 3 heterocycles. The number of carboxylic acid groups (broad SMARTS) is 2. The van der Waals surface area contributed by atoms with Gasteiger partial charge in [0.25, 0.3) is 5.92 Å². The molecule has 2 aromatic heterocycles. The summed E-state index contributed by atoms with van der Waals surface area (Å²) in [5.74, 6) is -6.51. The summed E-state index contributed by atoms with van der Waals surface area (Å²) in [7, 11) is 0. The molecule has 1 fully saturated rings. The van der Waals surface area contributed by atoms with Crippen LogP contribution in [0.5, 0.6) is 0 Å². The predicted molar refractivity (Wildman–Crippen MR) is 95.2 cm³/mol. The molecule has 0 saturated carbocycles. The second-order valence-electron chi connectivity index (χ2n) is 6.86. The van der Waals surface area contributed by atoms with E-state index >= 15 is 0 Å². The molecule has 1 aliphatic heterocycles. The van der Waals surface area contributed by atoms with Crippen molar-refractivity contribution in [3.8, 4) is 0 Å². The zero-order valence-corrected chi connectivity index (χ0v) is 14.7. The first-order valence-electron chi connectivity index (χ1n) is 8.53. The minimum absolute atomic E-state index is 0.0896. The number of pyridine rings is 1. The molecule has 1 saturated heterocycles. The van der Waals surface area contributed by atoms with Crippen LogP contribution in [0.3, 0.4) is 0 Å². The van der Waals surface area contributed by atoms with Gasteiger partial charge in [0.2, 0.25) is 0 Å². The molecule has 10 heteroatoms. The first-order chi connectivity index (χ1) is 13.6. The molecular formula is C19H14F3N3O4. The van der Waals surface area contributed by atoms with Gasteiger partial charge < -0.3 is 15.1 Å². The van der Waals surface area contributed by atoms with Gasteiger partial charge in [-0.05, 0) is 35.9 Å². The molecule has 29 heavy (non-hydrogen) atoms. The molecule has 4 rings (SSSR count). The van der Waals surface area contributed by atoms with E-state index in [-0.39, 0.29) is 22.2 Å². The number of nitrogens with zero attached hydrogens (tertiary/aromatic N) is 3. The number of hydrogen-bond acceptors (Lipinski definition) is 4. The number of alkyl halides is 2. The maximum Gasteiger partial charge on any atom is 0.339 e. The SMILES string of the molecule is O=C(O)c1cc(F)cc(C2CC(F)(F)CN2c2ccn3ncc(C(=O)O)c3c2)c1. The lowest BCUT2D eigenvalue weighted by molar-refractivity contribution is 0.0223. The van der Waals surface area contributed by atoms with E-state index in [1.807, 2.05) is 0 Å². The van der Waals surface area contributed by atoms with Crippen molar-refractivity contribution < 1.29 is 33.0 Å². The number of aromatic nitrogens is 2. The molecule has 1 atom stereocenters. The van der Waals surface area contributed by atoms with Gasteiger partial charge >= 0.3 is 11.9 Å². The normalized spacial score (nSPS) is 18.3. The van der Waals surface area contributed by atoms with E-state index in [0.717, 1.165) is 18.3 Å². The van der Waals surface area contributed by atoms with Crippen LogP contribution in [0, 0.1) is 5.82 Å². The van der Waals surface area contributed by atoms with Crippen LogP contribution in [0.2, 0.25) is 0 Å². The lowest BCUT2D eigenvalue weighted by atomic mass is 10.0. The Morgan fingerprint density at radius 3 is 2.59 bits per heavy atom. The average Bonchev–Trinajstić information content (AvgIpc) is 3.21. The molecule has 0 spiro atoms. The van der Waals surface area contributed by atoms with Crippen LogP contribution in [0.4, 0.5) is 18.9 Å². The first-order valence-corrected chi connectivity index (χ1v) is 8.53. The summed E-state index contributed by atoms with van der Waals surface area (Å²) in [4.78, 5) is 23.9. The lowest BCUT2D eigenvalue weighted by Gasteiger charge is -2.27. The highest BCUT2D eigenvalue weighted by Gasteiger charge is 2.46. The second kappa shape index (κ2) is 6.50. The Bertz CT molecular complexity index is 1140. The maximum absolute atomic E-state index is 14.3. The third-order valence-electron chi connectivity index (χ3n) is 4.89. The summed E-state index contributed by atoms with van der Waals surface area (Å²) in [6, 6.07) is 4.95. The third-order valence-corrected chi connectivity index (χ3v) is 4.89. The number of rotatable bonds is 4. The van der Waals surface area contributed by atoms with Gasteiger partial charge in [-0.1, -0.05) is 0 Å². The summed E-state index contributed by atoms with van der Waals surface area (Å²) >= 11 is 0. The van der Waals surface area contributed by atoms with Crippen LogP contribution >= 0.6 is 0 Å². The van der Waals surface area contributed by atoms with Crippen molar-refractivity contribution in [1.29, 1.82) is 0 Å². The van der Waals surface area contributed by atoms with Crippen molar-refractivity contribution in [3.05, 3.63) is 65.2 Å². The highest BCUT2D eigenvalue weighted by Crippen LogP contribution is 2.44. The molecule has 0 aliphatic carbocycles. The zero-order chi connectivity index (χ0) is 20.9. The van der Waals surface area contributed by atoms with Gasteiger partial charge in [0.1, 0.15) is 11.4 Å². The first kappa shape index (κ1) is 18.8. The van der Waals surface area contributed by atoms with Crippen LogP contribution in [-0.4, -0.2) is 44.2 Å². The second-order valence-corrected chi connectivity index (χ2v) is 6.86. The number of carbonyl (C=O) groups is 2. The summed E-state index contributed by atoms with van der Waals surface area (Å²) in [6.45, 7) is -0.677. The number of aromatic carboxylic acids is 2. The highest BCUT2D eigenvalue weighted by atomic mass is 19.3. The number of fused-ring (bicyclic) bond motifs is 1. The quantitative estimate of drug-likeness (QED) is 0.690. The Morgan fingerprint density at radius 2 is 1.90 bits per heavy atom. The van der Waals surface area contributed by atoms with Crippen molar-refractivity contribution in [2.24, 2.45) is 0 Å². The van der Waals surface area contributed by atoms with E-state index in [1.54, 1.807) is 0 Å². The van der Waals surface area contributed by atoms with E-state index in [9.17, 15) is 27.9 Å². The number of hydrogen-bond donors (Lipinski definition) is 2. The number of halogens is 3. The van der Waals surface area contributed by atoms with E-state index in [2.05, 4.69) is 5.10 Å². The lowest BCUT2D eigenvalue weighted by Crippen LogP contribution is -2.26. The average molecular weight is 405 g/mol. The van der Waals surface area contributed by atoms with Crippen molar-refractivity contribution in [1.82, 2.24) is 9.61 Å². The van der Waals surface area contributed by atoms with Crippen LogP contribution in [0.1, 0.15) is 38.7 Å². The summed E-state index contributed by atoms with van der Waals surface area (Å²) < 4.78 is 43.8. The minimum Gasteiger partial charge on any atom is -0.478 e. The molecule has 7 nitrogen and oxygen atoms in total. The topological polar surface area (TPSA) is 95.1 Å². The van der Waals surface area contributed by atoms with E-state index in [4.69, 9.17) is 5.11 Å². The van der Waals surface area contributed by atoms with Crippen LogP contribution in [0.25, 0.3) is 5.52 Å². The van der Waals surface area contributed by atoms with Gasteiger partial charge in [-0.15, -0.1) is 0 Å². The highest BCUT2D eigenvalue weighted by molar-refractivity contribution is 5.96. The van der Waals surface area contributed by atoms with Crippen LogP contribution < -0.4 is 4.90 Å². The zero-order valence-electron chi connectivity index (χ0n) is 14.7. The molecule has 3 aromatic rings. The maximum atomic E-state index is 14.3. The monoisotopic (exact) mass is 405 g/mol. The van der Waals surface area contributed by atoms with Gasteiger partial charge in [0.15, 0.2) is 0 Å². The Labute approximate surface area is 161 Å². The van der Waals surface area contributed by atoms with E-state index < -0.39 is 42.7 Å². The molecule has 1 aromatic carbocycles. The summed E-state index contributed by atoms with van der Waals surface area (Å²) in [5, 5.41) is 22.3. The Hall–Kier alpha value is -3.56. The Morgan fingerprint density at radius 1 is 1.14 bits per heavy atom. The van der Waals surface area contributed by atoms with Gasteiger partial charge in [0, 0.05) is 18.3 Å². The van der Waals surface area contributed by atoms with Gasteiger partial charge in [-0.3, -0.25) is 0 Å². The molecular weight excluding hydrogens is 391 g/mol. The van der Waals surface area contributed by atoms with Gasteiger partial charge in [-0.25, -0.2) is 27.3 Å². The van der Waals surface area contributed by atoms with Crippen LogP contribution in [-0.2, 0) is 0 Å².